The van der Waals surface area contributed by atoms with Crippen molar-refractivity contribution in [2.24, 2.45) is 0 Å². The smallest absolute Gasteiger partial charge is 0.338 e. The molecule has 2 aliphatic rings. The quantitative estimate of drug-likeness (QED) is 0.810. The molecule has 2 aliphatic heterocycles. The molecule has 23 heavy (non-hydrogen) atoms. The molecule has 0 aromatic heterocycles. The summed E-state index contributed by atoms with van der Waals surface area (Å²) in [5.74, 6) is -0.464. The number of carbonyl (C=O) groups excluding carboxylic acids is 1. The van der Waals surface area contributed by atoms with Gasteiger partial charge in [0.05, 0.1) is 17.6 Å². The largest absolute Gasteiger partial charge is 0.465 e. The predicted molar refractivity (Wildman–Crippen MR) is 85.8 cm³/mol. The third kappa shape index (κ3) is 3.41. The van der Waals surface area contributed by atoms with Crippen molar-refractivity contribution in [3.8, 4) is 0 Å². The summed E-state index contributed by atoms with van der Waals surface area (Å²) < 4.78 is 32.7. The van der Waals surface area contributed by atoms with E-state index in [1.807, 2.05) is 0 Å². The molecule has 2 bridgehead atoms. The van der Waals surface area contributed by atoms with Crippen molar-refractivity contribution in [2.75, 3.05) is 7.11 Å². The van der Waals surface area contributed by atoms with Crippen molar-refractivity contribution < 1.29 is 17.9 Å². The van der Waals surface area contributed by atoms with Crippen LogP contribution in [0.2, 0.25) is 0 Å². The molecule has 2 N–H and O–H groups in total. The maximum absolute atomic E-state index is 12.6. The molecule has 6 nitrogen and oxygen atoms in total. The fourth-order valence-electron chi connectivity index (χ4n) is 3.58. The number of aryl methyl sites for hydroxylation is 1. The van der Waals surface area contributed by atoms with Gasteiger partial charge in [-0.25, -0.2) is 17.9 Å². The Morgan fingerprint density at radius 3 is 2.48 bits per heavy atom. The number of hydrogen-bond acceptors (Lipinski definition) is 5. The number of rotatable bonds is 4. The average Bonchev–Trinajstić information content (AvgIpc) is 2.85. The van der Waals surface area contributed by atoms with E-state index in [-0.39, 0.29) is 10.9 Å². The third-order valence-electron chi connectivity index (χ3n) is 4.71. The van der Waals surface area contributed by atoms with Gasteiger partial charge in [0.25, 0.3) is 0 Å². The Labute approximate surface area is 136 Å². The molecule has 0 spiro atoms. The summed E-state index contributed by atoms with van der Waals surface area (Å²) in [6, 6.07) is 5.29. The number of nitrogens with one attached hydrogen (secondary N) is 2. The average molecular weight is 338 g/mol. The van der Waals surface area contributed by atoms with Gasteiger partial charge in [0, 0.05) is 18.1 Å². The number of methoxy groups -OCH3 is 1. The summed E-state index contributed by atoms with van der Waals surface area (Å²) in [7, 11) is -2.28. The van der Waals surface area contributed by atoms with Crippen LogP contribution >= 0.6 is 0 Å². The molecule has 2 unspecified atom stereocenters. The van der Waals surface area contributed by atoms with Crippen molar-refractivity contribution in [2.45, 2.75) is 55.6 Å². The molecule has 0 radical (unpaired) electrons. The molecule has 0 aliphatic carbocycles. The Kier molecular flexibility index (Phi) is 4.44. The zero-order valence-corrected chi connectivity index (χ0v) is 14.2. The first kappa shape index (κ1) is 16.4. The minimum atomic E-state index is -3.58. The Hall–Kier alpha value is -1.44. The summed E-state index contributed by atoms with van der Waals surface area (Å²) in [6.07, 6.45) is 3.90. The first-order valence-corrected chi connectivity index (χ1v) is 9.34. The monoisotopic (exact) mass is 338 g/mol. The molecule has 2 heterocycles. The van der Waals surface area contributed by atoms with Crippen LogP contribution in [0.4, 0.5) is 0 Å². The van der Waals surface area contributed by atoms with Crippen LogP contribution in [0.5, 0.6) is 0 Å². The van der Waals surface area contributed by atoms with Crippen LogP contribution in [0.25, 0.3) is 0 Å². The summed E-state index contributed by atoms with van der Waals surface area (Å²) in [4.78, 5) is 11.8. The maximum atomic E-state index is 12.6. The summed E-state index contributed by atoms with van der Waals surface area (Å²) in [6.45, 7) is 1.70. The van der Waals surface area contributed by atoms with Crippen molar-refractivity contribution in [1.82, 2.24) is 10.0 Å². The van der Waals surface area contributed by atoms with Crippen LogP contribution in [-0.2, 0) is 14.8 Å². The lowest BCUT2D eigenvalue weighted by Crippen LogP contribution is -2.47. The van der Waals surface area contributed by atoms with E-state index in [4.69, 9.17) is 0 Å². The molecule has 1 aromatic carbocycles. The highest BCUT2D eigenvalue weighted by molar-refractivity contribution is 7.89. The van der Waals surface area contributed by atoms with E-state index in [9.17, 15) is 13.2 Å². The number of carbonyl (C=O) groups is 1. The van der Waals surface area contributed by atoms with E-state index in [0.29, 0.717) is 23.2 Å². The van der Waals surface area contributed by atoms with Gasteiger partial charge in [0.2, 0.25) is 10.0 Å². The Morgan fingerprint density at radius 2 is 1.91 bits per heavy atom. The molecule has 0 saturated carbocycles. The van der Waals surface area contributed by atoms with Gasteiger partial charge in [-0.05, 0) is 56.4 Å². The van der Waals surface area contributed by atoms with Crippen LogP contribution in [0.3, 0.4) is 0 Å². The molecule has 0 amide bonds. The van der Waals surface area contributed by atoms with Crippen LogP contribution in [0.15, 0.2) is 23.1 Å². The number of sulfonamides is 1. The third-order valence-corrected chi connectivity index (χ3v) is 6.23. The molecule has 7 heteroatoms. The first-order chi connectivity index (χ1) is 10.9. The minimum absolute atomic E-state index is 0.0284. The molecule has 2 fully saturated rings. The zero-order chi connectivity index (χ0) is 16.6. The minimum Gasteiger partial charge on any atom is -0.465 e. The first-order valence-electron chi connectivity index (χ1n) is 7.86. The van der Waals surface area contributed by atoms with Crippen LogP contribution in [-0.4, -0.2) is 39.6 Å². The van der Waals surface area contributed by atoms with E-state index in [1.165, 1.54) is 25.3 Å². The van der Waals surface area contributed by atoms with Gasteiger partial charge in [0.1, 0.15) is 0 Å². The standard InChI is InChI=1S/C16H22N2O4S/c1-10-7-14(5-6-15(10)16(19)22-2)23(20,21)18-13-8-11-3-4-12(9-13)17-11/h5-7,11-13,17-18H,3-4,8-9H2,1-2H3. The molecular formula is C16H22N2O4S. The Bertz CT molecular complexity index is 705. The summed E-state index contributed by atoms with van der Waals surface area (Å²) in [5, 5.41) is 3.50. The SMILES string of the molecule is COC(=O)c1ccc(S(=O)(=O)NC2CC3CCC(C2)N3)cc1C. The highest BCUT2D eigenvalue weighted by Gasteiger charge is 2.35. The van der Waals surface area contributed by atoms with E-state index in [2.05, 4.69) is 14.8 Å². The number of hydrogen-bond donors (Lipinski definition) is 2. The predicted octanol–water partition coefficient (Wildman–Crippen LogP) is 1.34. The van der Waals surface area contributed by atoms with Gasteiger partial charge in [-0.15, -0.1) is 0 Å². The second-order valence-electron chi connectivity index (χ2n) is 6.40. The Balaban J connectivity index is 1.77. The maximum Gasteiger partial charge on any atom is 0.338 e. The highest BCUT2D eigenvalue weighted by atomic mass is 32.2. The van der Waals surface area contributed by atoms with Crippen LogP contribution in [0, 0.1) is 6.92 Å². The molecular weight excluding hydrogens is 316 g/mol. The van der Waals surface area contributed by atoms with E-state index >= 15 is 0 Å². The van der Waals surface area contributed by atoms with Crippen molar-refractivity contribution in [1.29, 1.82) is 0 Å². The summed E-state index contributed by atoms with van der Waals surface area (Å²) in [5.41, 5.74) is 0.969. The van der Waals surface area contributed by atoms with Crippen molar-refractivity contribution in [3.63, 3.8) is 0 Å². The lowest BCUT2D eigenvalue weighted by molar-refractivity contribution is 0.0600. The topological polar surface area (TPSA) is 84.5 Å². The fourth-order valence-corrected chi connectivity index (χ4v) is 4.93. The number of ether oxygens (including phenoxy) is 1. The summed E-state index contributed by atoms with van der Waals surface area (Å²) >= 11 is 0. The second-order valence-corrected chi connectivity index (χ2v) is 8.11. The van der Waals surface area contributed by atoms with Crippen molar-refractivity contribution in [3.05, 3.63) is 29.3 Å². The van der Waals surface area contributed by atoms with Gasteiger partial charge in [-0.3, -0.25) is 0 Å². The molecule has 3 rings (SSSR count). The normalized spacial score (nSPS) is 27.0. The van der Waals surface area contributed by atoms with Gasteiger partial charge < -0.3 is 10.1 Å². The molecule has 126 valence electrons. The zero-order valence-electron chi connectivity index (χ0n) is 13.3. The molecule has 2 atom stereocenters. The lowest BCUT2D eigenvalue weighted by Gasteiger charge is -2.29. The van der Waals surface area contributed by atoms with E-state index < -0.39 is 16.0 Å². The van der Waals surface area contributed by atoms with E-state index in [0.717, 1.165) is 25.7 Å². The van der Waals surface area contributed by atoms with Gasteiger partial charge in [-0.2, -0.15) is 0 Å². The van der Waals surface area contributed by atoms with Gasteiger partial charge in [0.15, 0.2) is 0 Å². The lowest BCUT2D eigenvalue weighted by atomic mass is 10.0. The van der Waals surface area contributed by atoms with Gasteiger partial charge in [-0.1, -0.05) is 0 Å². The van der Waals surface area contributed by atoms with Crippen LogP contribution in [0.1, 0.15) is 41.6 Å². The van der Waals surface area contributed by atoms with Crippen molar-refractivity contribution >= 4 is 16.0 Å². The molecule has 2 saturated heterocycles. The van der Waals surface area contributed by atoms with Gasteiger partial charge >= 0.3 is 5.97 Å². The fraction of sp³-hybridized carbons (Fsp3) is 0.562. The Morgan fingerprint density at radius 1 is 1.26 bits per heavy atom. The number of piperidine rings is 1. The molecule has 1 aromatic rings. The second kappa shape index (κ2) is 6.22. The number of fused-ring (bicyclic) bond motifs is 2. The highest BCUT2D eigenvalue weighted by Crippen LogP contribution is 2.28. The van der Waals surface area contributed by atoms with Crippen LogP contribution < -0.4 is 10.0 Å². The number of benzene rings is 1. The number of esters is 1. The van der Waals surface area contributed by atoms with E-state index in [1.54, 1.807) is 6.92 Å².